The molecule has 0 N–H and O–H groups in total. The Morgan fingerprint density at radius 3 is 0.753 bits per heavy atom. The van der Waals surface area contributed by atoms with Crippen molar-refractivity contribution in [1.29, 1.82) is 0 Å². The van der Waals surface area contributed by atoms with E-state index >= 15 is 0 Å². The summed E-state index contributed by atoms with van der Waals surface area (Å²) in [4.78, 5) is 38.4. The van der Waals surface area contributed by atoms with E-state index in [0.717, 1.165) is 57.8 Å². The molecule has 0 aromatic heterocycles. The molecule has 0 saturated carbocycles. The van der Waals surface area contributed by atoms with Crippen molar-refractivity contribution in [2.45, 2.75) is 374 Å². The summed E-state index contributed by atoms with van der Waals surface area (Å²) < 4.78 is 17.0. The van der Waals surface area contributed by atoms with E-state index in [2.05, 4.69) is 45.1 Å². The summed E-state index contributed by atoms with van der Waals surface area (Å²) >= 11 is 0. The van der Waals surface area contributed by atoms with Crippen LogP contribution in [-0.2, 0) is 28.6 Å². The molecular formula is C67H126O6. The van der Waals surface area contributed by atoms with Crippen molar-refractivity contribution >= 4 is 17.9 Å². The van der Waals surface area contributed by atoms with Crippen LogP contribution in [0, 0.1) is 0 Å². The summed E-state index contributed by atoms with van der Waals surface area (Å²) in [6.45, 7) is 6.69. The second-order valence-electron chi connectivity index (χ2n) is 22.4. The molecule has 0 bridgehead atoms. The highest BCUT2D eigenvalue weighted by molar-refractivity contribution is 5.71. The molecule has 0 spiro atoms. The fraction of sp³-hybridized carbons (Fsp3) is 0.896. The van der Waals surface area contributed by atoms with Gasteiger partial charge in [0, 0.05) is 19.3 Å². The van der Waals surface area contributed by atoms with E-state index in [1.807, 2.05) is 0 Å². The predicted octanol–water partition coefficient (Wildman–Crippen LogP) is 22.2. The lowest BCUT2D eigenvalue weighted by atomic mass is 10.0. The molecule has 0 saturated heterocycles. The first-order chi connectivity index (χ1) is 36.0. The summed E-state index contributed by atoms with van der Waals surface area (Å²) in [5.41, 5.74) is 0. The average molecular weight is 1030 g/mol. The number of ether oxygens (including phenoxy) is 3. The Morgan fingerprint density at radius 2 is 0.479 bits per heavy atom. The average Bonchev–Trinajstić information content (AvgIpc) is 3.39. The molecule has 1 atom stereocenters. The van der Waals surface area contributed by atoms with Gasteiger partial charge in [0.1, 0.15) is 13.2 Å². The summed E-state index contributed by atoms with van der Waals surface area (Å²) in [6.07, 6.45) is 74.6. The molecule has 430 valence electrons. The number of carbonyl (C=O) groups excluding carboxylic acids is 3. The summed E-state index contributed by atoms with van der Waals surface area (Å²) in [5.74, 6) is -0.838. The molecule has 6 heteroatoms. The van der Waals surface area contributed by atoms with Crippen LogP contribution in [0.5, 0.6) is 0 Å². The molecular weight excluding hydrogens is 901 g/mol. The second kappa shape index (κ2) is 62.4. The molecule has 0 aliphatic rings. The van der Waals surface area contributed by atoms with Gasteiger partial charge >= 0.3 is 17.9 Å². The van der Waals surface area contributed by atoms with Gasteiger partial charge in [-0.15, -0.1) is 0 Å². The highest BCUT2D eigenvalue weighted by Gasteiger charge is 2.19. The Balaban J connectivity index is 4.31. The van der Waals surface area contributed by atoms with Gasteiger partial charge in [0.2, 0.25) is 0 Å². The zero-order valence-corrected chi connectivity index (χ0v) is 49.4. The number of carbonyl (C=O) groups is 3. The molecule has 0 fully saturated rings. The first-order valence-electron chi connectivity index (χ1n) is 32.9. The third-order valence-electron chi connectivity index (χ3n) is 15.0. The van der Waals surface area contributed by atoms with Crippen molar-refractivity contribution in [3.8, 4) is 0 Å². The van der Waals surface area contributed by atoms with Crippen LogP contribution in [-0.4, -0.2) is 37.2 Å². The minimum absolute atomic E-state index is 0.0656. The molecule has 0 heterocycles. The third kappa shape index (κ3) is 60.6. The smallest absolute Gasteiger partial charge is 0.306 e. The van der Waals surface area contributed by atoms with Crippen LogP contribution >= 0.6 is 0 Å². The van der Waals surface area contributed by atoms with E-state index < -0.39 is 6.10 Å². The van der Waals surface area contributed by atoms with E-state index in [4.69, 9.17) is 14.2 Å². The van der Waals surface area contributed by atoms with Crippen LogP contribution in [0.1, 0.15) is 367 Å². The monoisotopic (exact) mass is 1030 g/mol. The molecule has 0 aliphatic heterocycles. The third-order valence-corrected chi connectivity index (χ3v) is 15.0. The Hall–Kier alpha value is -2.11. The van der Waals surface area contributed by atoms with Gasteiger partial charge in [0.15, 0.2) is 6.10 Å². The van der Waals surface area contributed by atoms with E-state index in [9.17, 15) is 14.4 Å². The number of hydrogen-bond acceptors (Lipinski definition) is 6. The Labute approximate surface area is 455 Å². The van der Waals surface area contributed by atoms with Crippen LogP contribution in [0.25, 0.3) is 0 Å². The maximum absolute atomic E-state index is 12.9. The van der Waals surface area contributed by atoms with Crippen LogP contribution < -0.4 is 0 Å². The van der Waals surface area contributed by atoms with Gasteiger partial charge in [-0.3, -0.25) is 14.4 Å². The normalized spacial score (nSPS) is 12.1. The fourth-order valence-corrected chi connectivity index (χ4v) is 10.0. The maximum atomic E-state index is 12.9. The number of hydrogen-bond donors (Lipinski definition) is 0. The largest absolute Gasteiger partial charge is 0.462 e. The minimum atomic E-state index is -0.769. The maximum Gasteiger partial charge on any atom is 0.306 e. The molecule has 1 unspecified atom stereocenters. The molecule has 0 aromatic carbocycles. The number of esters is 3. The van der Waals surface area contributed by atoms with Gasteiger partial charge in [-0.05, 0) is 44.9 Å². The number of unbranched alkanes of at least 4 members (excludes halogenated alkanes) is 47. The highest BCUT2D eigenvalue weighted by atomic mass is 16.6. The lowest BCUT2D eigenvalue weighted by Gasteiger charge is -2.18. The molecule has 73 heavy (non-hydrogen) atoms. The lowest BCUT2D eigenvalue weighted by Crippen LogP contribution is -2.30. The molecule has 0 amide bonds. The minimum Gasteiger partial charge on any atom is -0.462 e. The zero-order chi connectivity index (χ0) is 52.9. The van der Waals surface area contributed by atoms with E-state index in [1.165, 1.54) is 270 Å². The first kappa shape index (κ1) is 70.9. The number of allylic oxidation sites excluding steroid dienone is 4. The Morgan fingerprint density at radius 1 is 0.274 bits per heavy atom. The van der Waals surface area contributed by atoms with Crippen LogP contribution in [0.2, 0.25) is 0 Å². The molecule has 0 rings (SSSR count). The van der Waals surface area contributed by atoms with Crippen molar-refractivity contribution in [2.24, 2.45) is 0 Å². The SMILES string of the molecule is CCCCC/C=C\C=C/CCCCCCCCCCCCC(=O)OCC(COC(=O)CCCCCCCCCCCCCCCCCCC)OC(=O)CCCCCCCCCCCCCCCCCCCCC. The van der Waals surface area contributed by atoms with Gasteiger partial charge < -0.3 is 14.2 Å². The van der Waals surface area contributed by atoms with Crippen LogP contribution in [0.4, 0.5) is 0 Å². The van der Waals surface area contributed by atoms with Gasteiger partial charge in [0.25, 0.3) is 0 Å². The van der Waals surface area contributed by atoms with Crippen molar-refractivity contribution in [2.75, 3.05) is 13.2 Å². The van der Waals surface area contributed by atoms with Crippen molar-refractivity contribution in [3.05, 3.63) is 24.3 Å². The van der Waals surface area contributed by atoms with Gasteiger partial charge in [-0.2, -0.15) is 0 Å². The lowest BCUT2D eigenvalue weighted by molar-refractivity contribution is -0.167. The summed E-state index contributed by atoms with van der Waals surface area (Å²) in [7, 11) is 0. The van der Waals surface area contributed by atoms with E-state index in [0.29, 0.717) is 19.3 Å². The van der Waals surface area contributed by atoms with Crippen molar-refractivity contribution in [3.63, 3.8) is 0 Å². The standard InChI is InChI=1S/C67H126O6/c1-4-7-10-13-16-19-22-25-28-31-33-36-39-42-45-48-51-54-57-60-66(69)72-63-64(62-71-65(68)59-56-53-50-47-44-41-38-35-30-27-24-21-18-15-12-9-6-3)73-67(70)61-58-55-52-49-46-43-40-37-34-32-29-26-23-20-17-14-11-8-5-2/h16,19,22,25,64H,4-15,17-18,20-21,23-24,26-63H2,1-3H3/b19-16-,25-22-. The summed E-state index contributed by atoms with van der Waals surface area (Å²) in [5, 5.41) is 0. The quantitative estimate of drug-likeness (QED) is 0.0261. The molecule has 0 radical (unpaired) electrons. The fourth-order valence-electron chi connectivity index (χ4n) is 10.0. The summed E-state index contributed by atoms with van der Waals surface area (Å²) in [6, 6.07) is 0. The van der Waals surface area contributed by atoms with Crippen LogP contribution in [0.15, 0.2) is 24.3 Å². The van der Waals surface area contributed by atoms with Gasteiger partial charge in [-0.1, -0.05) is 328 Å². The molecule has 0 aliphatic carbocycles. The van der Waals surface area contributed by atoms with Gasteiger partial charge in [0.05, 0.1) is 0 Å². The highest BCUT2D eigenvalue weighted by Crippen LogP contribution is 2.18. The zero-order valence-electron chi connectivity index (χ0n) is 49.4. The number of rotatable bonds is 61. The van der Waals surface area contributed by atoms with Crippen molar-refractivity contribution < 1.29 is 28.6 Å². The Kier molecular flexibility index (Phi) is 60.6. The predicted molar refractivity (Wildman–Crippen MR) is 316 cm³/mol. The Bertz CT molecular complexity index is 1180. The topological polar surface area (TPSA) is 78.9 Å². The van der Waals surface area contributed by atoms with Crippen LogP contribution in [0.3, 0.4) is 0 Å². The first-order valence-corrected chi connectivity index (χ1v) is 32.9. The van der Waals surface area contributed by atoms with E-state index in [1.54, 1.807) is 0 Å². The van der Waals surface area contributed by atoms with Gasteiger partial charge in [-0.25, -0.2) is 0 Å². The second-order valence-corrected chi connectivity index (χ2v) is 22.4. The van der Waals surface area contributed by atoms with E-state index in [-0.39, 0.29) is 31.1 Å². The molecule has 6 nitrogen and oxygen atoms in total. The molecule has 0 aromatic rings. The van der Waals surface area contributed by atoms with Crippen molar-refractivity contribution in [1.82, 2.24) is 0 Å².